The smallest absolute Gasteiger partial charge is 0.448 e. The van der Waals surface area contributed by atoms with Gasteiger partial charge in [0, 0.05) is 31.6 Å². The molecule has 8 nitrogen and oxygen atoms in total. The fourth-order valence-electron chi connectivity index (χ4n) is 2.56. The Balaban J connectivity index is 1.70. The number of hydrogen-bond acceptors (Lipinski definition) is 7. The monoisotopic (exact) mass is 444 g/mol. The van der Waals surface area contributed by atoms with Gasteiger partial charge in [0.05, 0.1) is 6.61 Å². The fourth-order valence-corrected chi connectivity index (χ4v) is 4.91. The molecule has 1 aromatic carbocycles. The van der Waals surface area contributed by atoms with Gasteiger partial charge in [-0.15, -0.1) is 0 Å². The molecule has 1 N–H and O–H groups in total. The van der Waals surface area contributed by atoms with E-state index in [1.54, 1.807) is 6.20 Å². The summed E-state index contributed by atoms with van der Waals surface area (Å²) in [6, 6.07) is 9.61. The Kier molecular flexibility index (Phi) is 8.92. The van der Waals surface area contributed by atoms with E-state index in [-0.39, 0.29) is 6.61 Å². The van der Waals surface area contributed by atoms with Gasteiger partial charge in [0.15, 0.2) is 0 Å². The lowest BCUT2D eigenvalue weighted by Crippen LogP contribution is -2.19. The Bertz CT molecular complexity index is 855. The minimum atomic E-state index is -3.42. The number of nitrogens with one attached hydrogen (secondary N) is 1. The highest BCUT2D eigenvalue weighted by Gasteiger charge is 2.22. The average Bonchev–Trinajstić information content (AvgIpc) is 2.71. The second-order valence-electron chi connectivity index (χ2n) is 6.85. The number of rotatable bonds is 11. The van der Waals surface area contributed by atoms with Crippen LogP contribution in [-0.4, -0.2) is 62.5 Å². The number of hydrogen-bond donors (Lipinski definition) is 1. The van der Waals surface area contributed by atoms with Crippen molar-refractivity contribution in [3.05, 3.63) is 36.5 Å². The highest BCUT2D eigenvalue weighted by molar-refractivity contribution is 8.32. The predicted molar refractivity (Wildman–Crippen MR) is 118 cm³/mol. The molecule has 1 amide bonds. The van der Waals surface area contributed by atoms with Crippen LogP contribution in [0.1, 0.15) is 6.42 Å². The molecule has 0 saturated carbocycles. The van der Waals surface area contributed by atoms with E-state index in [1.165, 1.54) is 14.2 Å². The number of aromatic nitrogens is 1. The van der Waals surface area contributed by atoms with Crippen LogP contribution in [0.4, 0.5) is 10.6 Å². The first-order chi connectivity index (χ1) is 13.8. The first kappa shape index (κ1) is 23.6. The molecular weight excluding hydrogens is 415 g/mol. The molecule has 0 fully saturated rings. The normalized spacial score (nSPS) is 12.7. The van der Waals surface area contributed by atoms with Crippen molar-refractivity contribution in [2.24, 2.45) is 0 Å². The molecule has 10 heteroatoms. The number of phosphoric ester groups is 1. The van der Waals surface area contributed by atoms with E-state index in [0.717, 1.165) is 22.3 Å². The maximum atomic E-state index is 12.0. The number of benzene rings is 1. The lowest BCUT2D eigenvalue weighted by molar-refractivity contribution is 0.152. The summed E-state index contributed by atoms with van der Waals surface area (Å²) in [6.07, 6.45) is 6.22. The summed E-state index contributed by atoms with van der Waals surface area (Å²) in [5.41, 5.74) is 0. The fraction of sp³-hybridized carbons (Fsp3) is 0.474. The Morgan fingerprint density at radius 1 is 1.10 bits per heavy atom. The number of fused-ring (bicyclic) bond motifs is 1. The van der Waals surface area contributed by atoms with Crippen molar-refractivity contribution in [3.8, 4) is 0 Å². The highest BCUT2D eigenvalue weighted by atomic mass is 32.3. The number of amides is 1. The minimum absolute atomic E-state index is 0.282. The zero-order chi connectivity index (χ0) is 21.3. The number of nitrogens with zero attached hydrogens (tertiary/aromatic N) is 1. The van der Waals surface area contributed by atoms with E-state index in [1.807, 2.05) is 30.3 Å². The second-order valence-corrected chi connectivity index (χ2v) is 13.1. The van der Waals surface area contributed by atoms with Gasteiger partial charge in [0.2, 0.25) is 0 Å². The lowest BCUT2D eigenvalue weighted by atomic mass is 10.2. The Hall–Kier alpha value is -1.64. The van der Waals surface area contributed by atoms with E-state index in [4.69, 9.17) is 18.3 Å². The molecule has 0 spiro atoms. The van der Waals surface area contributed by atoms with Crippen molar-refractivity contribution in [2.45, 2.75) is 6.42 Å². The molecule has 2 rings (SSSR count). The van der Waals surface area contributed by atoms with Crippen LogP contribution >= 0.6 is 17.9 Å². The van der Waals surface area contributed by atoms with Crippen molar-refractivity contribution in [1.82, 2.24) is 4.98 Å². The average molecular weight is 444 g/mol. The second kappa shape index (κ2) is 10.9. The standard InChI is InChI=1S/C19H29N2O6PS/c1-24-28(23,25-2)27-10-7-12-29(3,4)13-11-26-19(22)21-18-14-16-8-5-6-9-17(16)15-20-18/h5-6,8-9,14-15H,7,10-13H2,1-4H3,(H,20,21,22). The van der Waals surface area contributed by atoms with Crippen LogP contribution in [0.25, 0.3) is 10.8 Å². The van der Waals surface area contributed by atoms with E-state index >= 15 is 0 Å². The quantitative estimate of drug-likeness (QED) is 0.398. The third kappa shape index (κ3) is 7.95. The Labute approximate surface area is 173 Å². The van der Waals surface area contributed by atoms with Gasteiger partial charge in [-0.2, -0.15) is 0 Å². The van der Waals surface area contributed by atoms with Gasteiger partial charge in [0.1, 0.15) is 12.4 Å². The summed E-state index contributed by atoms with van der Waals surface area (Å²) >= 11 is 0. The van der Waals surface area contributed by atoms with Crippen LogP contribution in [0.5, 0.6) is 0 Å². The molecule has 1 heterocycles. The first-order valence-electron chi connectivity index (χ1n) is 9.10. The molecule has 0 unspecified atom stereocenters. The van der Waals surface area contributed by atoms with Crippen LogP contribution in [0.3, 0.4) is 0 Å². The Morgan fingerprint density at radius 2 is 1.79 bits per heavy atom. The zero-order valence-electron chi connectivity index (χ0n) is 17.3. The number of anilines is 1. The molecule has 0 saturated heterocycles. The highest BCUT2D eigenvalue weighted by Crippen LogP contribution is 2.48. The summed E-state index contributed by atoms with van der Waals surface area (Å²) in [4.78, 5) is 16.3. The largest absolute Gasteiger partial charge is 0.474 e. The van der Waals surface area contributed by atoms with Crippen molar-refractivity contribution >= 4 is 40.5 Å². The number of ether oxygens (including phenoxy) is 1. The zero-order valence-corrected chi connectivity index (χ0v) is 19.0. The summed E-state index contributed by atoms with van der Waals surface area (Å²) in [5, 5.41) is 4.67. The van der Waals surface area contributed by atoms with Gasteiger partial charge in [-0.1, -0.05) is 24.3 Å². The Morgan fingerprint density at radius 3 is 2.48 bits per heavy atom. The number of carbonyl (C=O) groups is 1. The van der Waals surface area contributed by atoms with Crippen molar-refractivity contribution < 1.29 is 27.7 Å². The molecule has 0 aliphatic rings. The van der Waals surface area contributed by atoms with Gasteiger partial charge < -0.3 is 4.74 Å². The van der Waals surface area contributed by atoms with Crippen molar-refractivity contribution in [1.29, 1.82) is 0 Å². The maximum Gasteiger partial charge on any atom is 0.474 e. The van der Waals surface area contributed by atoms with Crippen LogP contribution in [0, 0.1) is 0 Å². The molecule has 2 aromatic rings. The molecule has 162 valence electrons. The van der Waals surface area contributed by atoms with Gasteiger partial charge >= 0.3 is 13.9 Å². The van der Waals surface area contributed by atoms with Crippen LogP contribution in [0.2, 0.25) is 0 Å². The number of carbonyl (C=O) groups excluding carboxylic acids is 1. The third-order valence-corrected chi connectivity index (χ3v) is 8.33. The van der Waals surface area contributed by atoms with Gasteiger partial charge in [-0.25, -0.2) is 24.4 Å². The molecular formula is C19H29N2O6PS. The summed E-state index contributed by atoms with van der Waals surface area (Å²) < 4.78 is 31.8. The minimum Gasteiger partial charge on any atom is -0.448 e. The molecule has 0 aliphatic heterocycles. The third-order valence-electron chi connectivity index (χ3n) is 4.27. The van der Waals surface area contributed by atoms with E-state index < -0.39 is 23.9 Å². The molecule has 0 atom stereocenters. The van der Waals surface area contributed by atoms with Crippen molar-refractivity contribution in [2.75, 3.05) is 56.8 Å². The first-order valence-corrected chi connectivity index (χ1v) is 13.3. The van der Waals surface area contributed by atoms with E-state index in [0.29, 0.717) is 18.8 Å². The molecule has 1 aromatic heterocycles. The molecule has 0 radical (unpaired) electrons. The molecule has 29 heavy (non-hydrogen) atoms. The topological polar surface area (TPSA) is 96.0 Å². The van der Waals surface area contributed by atoms with Crippen LogP contribution < -0.4 is 5.32 Å². The van der Waals surface area contributed by atoms with Crippen LogP contribution in [0.15, 0.2) is 36.5 Å². The van der Waals surface area contributed by atoms with Gasteiger partial charge in [-0.05, 0) is 36.1 Å². The predicted octanol–water partition coefficient (Wildman–Crippen LogP) is 4.66. The number of phosphoric acid groups is 1. The van der Waals surface area contributed by atoms with Gasteiger partial charge in [0.25, 0.3) is 0 Å². The summed E-state index contributed by atoms with van der Waals surface area (Å²) in [7, 11) is -1.83. The number of pyridine rings is 1. The maximum absolute atomic E-state index is 12.0. The summed E-state index contributed by atoms with van der Waals surface area (Å²) in [5.74, 6) is 2.10. The lowest BCUT2D eigenvalue weighted by Gasteiger charge is -2.30. The molecule has 0 bridgehead atoms. The molecule has 0 aliphatic carbocycles. The van der Waals surface area contributed by atoms with E-state index in [2.05, 4.69) is 22.8 Å². The summed E-state index contributed by atoms with van der Waals surface area (Å²) in [6.45, 7) is 0.599. The van der Waals surface area contributed by atoms with Crippen LogP contribution in [-0.2, 0) is 22.9 Å². The van der Waals surface area contributed by atoms with E-state index in [9.17, 15) is 9.36 Å². The SMILES string of the molecule is COP(=O)(OC)OCCCS(C)(C)CCOC(=O)Nc1cc2ccccc2cn1. The van der Waals surface area contributed by atoms with Gasteiger partial charge in [-0.3, -0.25) is 18.9 Å². The van der Waals surface area contributed by atoms with Crippen molar-refractivity contribution in [3.63, 3.8) is 0 Å².